The molecular weight excluding hydrogens is 346 g/mol. The molecule has 0 fully saturated rings. The lowest BCUT2D eigenvalue weighted by atomic mass is 9.60. The molecule has 0 saturated heterocycles. The zero-order valence-corrected chi connectivity index (χ0v) is 17.6. The maximum atomic E-state index is 6.50. The van der Waals surface area contributed by atoms with E-state index in [2.05, 4.69) is 52.8 Å². The van der Waals surface area contributed by atoms with Crippen molar-refractivity contribution in [3.05, 3.63) is 53.4 Å². The minimum Gasteiger partial charge on any atom is -0.455 e. The van der Waals surface area contributed by atoms with Crippen molar-refractivity contribution in [2.45, 2.75) is 58.3 Å². The largest absolute Gasteiger partial charge is 0.455 e. The normalized spacial score (nSPS) is 17.9. The summed E-state index contributed by atoms with van der Waals surface area (Å²) in [6.45, 7) is 11.8. The van der Waals surface area contributed by atoms with E-state index in [0.29, 0.717) is 0 Å². The second-order valence-electron chi connectivity index (χ2n) is 9.64. The molecule has 0 radical (unpaired) electrons. The topological polar surface area (TPSA) is 30.2 Å². The van der Waals surface area contributed by atoms with E-state index >= 15 is 0 Å². The monoisotopic (exact) mass is 374 g/mol. The van der Waals surface area contributed by atoms with Crippen LogP contribution in [-0.4, -0.2) is 0 Å². The molecule has 0 amide bonds. The van der Waals surface area contributed by atoms with Crippen molar-refractivity contribution in [2.75, 3.05) is 0 Å². The number of rotatable bonds is 1. The van der Waals surface area contributed by atoms with Crippen LogP contribution in [0.2, 0.25) is 0 Å². The molecule has 0 aliphatic heterocycles. The standard InChI is InChI=1S/C25H28NO2/c1-15-18(23-26(6)13-14-27-23)22-19(16-9-7-8-10-17(16)28-22)21-20(15)24(2,3)11-12-25(21,4)5/h7-10,13-14H,11-12H2,1-6H3/q+1. The predicted octanol–water partition coefficient (Wildman–Crippen LogP) is 6.33. The second kappa shape index (κ2) is 5.50. The molecule has 0 atom stereocenters. The van der Waals surface area contributed by atoms with Crippen molar-refractivity contribution >= 4 is 21.9 Å². The number of hydrogen-bond donors (Lipinski definition) is 0. The molecule has 0 spiro atoms. The van der Waals surface area contributed by atoms with Crippen molar-refractivity contribution in [1.29, 1.82) is 0 Å². The number of hydrogen-bond acceptors (Lipinski definition) is 2. The molecule has 0 unspecified atom stereocenters. The quantitative estimate of drug-likeness (QED) is 0.365. The summed E-state index contributed by atoms with van der Waals surface area (Å²) in [4.78, 5) is 0. The first-order chi connectivity index (χ1) is 13.2. The van der Waals surface area contributed by atoms with Gasteiger partial charge in [0.05, 0.1) is 0 Å². The van der Waals surface area contributed by atoms with Gasteiger partial charge in [0.15, 0.2) is 11.8 Å². The molecule has 1 aliphatic carbocycles. The number of para-hydroxylation sites is 1. The van der Waals surface area contributed by atoms with E-state index in [1.54, 1.807) is 6.26 Å². The van der Waals surface area contributed by atoms with E-state index in [9.17, 15) is 0 Å². The molecule has 28 heavy (non-hydrogen) atoms. The molecule has 3 heteroatoms. The van der Waals surface area contributed by atoms with Crippen molar-refractivity contribution in [3.63, 3.8) is 0 Å². The van der Waals surface area contributed by atoms with Crippen LogP contribution in [0.3, 0.4) is 0 Å². The molecule has 0 saturated carbocycles. The van der Waals surface area contributed by atoms with Crippen molar-refractivity contribution in [2.24, 2.45) is 7.05 Å². The van der Waals surface area contributed by atoms with Crippen LogP contribution in [0.25, 0.3) is 33.4 Å². The average Bonchev–Trinajstić information content (AvgIpc) is 3.22. The zero-order chi connectivity index (χ0) is 19.8. The summed E-state index contributed by atoms with van der Waals surface area (Å²) in [5, 5.41) is 2.47. The van der Waals surface area contributed by atoms with Gasteiger partial charge in [-0.2, -0.15) is 4.57 Å². The Kier molecular flexibility index (Phi) is 3.44. The Hall–Kier alpha value is -2.55. The van der Waals surface area contributed by atoms with Gasteiger partial charge < -0.3 is 8.83 Å². The summed E-state index contributed by atoms with van der Waals surface area (Å²) in [5.41, 5.74) is 7.40. The Labute approximate surface area is 166 Å². The molecule has 144 valence electrons. The molecule has 5 rings (SSSR count). The van der Waals surface area contributed by atoms with Gasteiger partial charge in [-0.3, -0.25) is 0 Å². The Morgan fingerprint density at radius 1 is 0.964 bits per heavy atom. The molecule has 4 aromatic rings. The number of oxazole rings is 1. The number of aryl methyl sites for hydroxylation is 1. The van der Waals surface area contributed by atoms with Crippen LogP contribution in [0.1, 0.15) is 57.2 Å². The van der Waals surface area contributed by atoms with Crippen LogP contribution < -0.4 is 4.57 Å². The van der Waals surface area contributed by atoms with Gasteiger partial charge >= 0.3 is 5.89 Å². The highest BCUT2D eigenvalue weighted by Crippen LogP contribution is 2.54. The molecule has 3 nitrogen and oxygen atoms in total. The molecule has 2 aromatic heterocycles. The summed E-state index contributed by atoms with van der Waals surface area (Å²) in [6.07, 6.45) is 6.06. The number of aromatic nitrogens is 1. The van der Waals surface area contributed by atoms with E-state index < -0.39 is 0 Å². The highest BCUT2D eigenvalue weighted by molar-refractivity contribution is 6.12. The van der Waals surface area contributed by atoms with Gasteiger partial charge in [0.25, 0.3) is 0 Å². The van der Waals surface area contributed by atoms with Crippen LogP contribution in [0.15, 0.2) is 45.6 Å². The molecule has 0 bridgehead atoms. The average molecular weight is 375 g/mol. The maximum absolute atomic E-state index is 6.50. The van der Waals surface area contributed by atoms with Gasteiger partial charge in [-0.15, -0.1) is 0 Å². The van der Waals surface area contributed by atoms with Gasteiger partial charge in [-0.25, -0.2) is 0 Å². The fraction of sp³-hybridized carbons (Fsp3) is 0.400. The summed E-state index contributed by atoms with van der Waals surface area (Å²) in [5.74, 6) is 0.850. The van der Waals surface area contributed by atoms with Crippen LogP contribution in [0.5, 0.6) is 0 Å². The Morgan fingerprint density at radius 3 is 2.32 bits per heavy atom. The summed E-state index contributed by atoms with van der Waals surface area (Å²) in [6, 6.07) is 8.42. The maximum Gasteiger partial charge on any atom is 0.384 e. The second-order valence-corrected chi connectivity index (χ2v) is 9.64. The van der Waals surface area contributed by atoms with Crippen molar-refractivity contribution in [3.8, 4) is 11.5 Å². The Bertz CT molecular complexity index is 1240. The van der Waals surface area contributed by atoms with E-state index in [1.807, 2.05) is 23.9 Å². The molecule has 1 aliphatic rings. The first-order valence-corrected chi connectivity index (χ1v) is 10.1. The predicted molar refractivity (Wildman–Crippen MR) is 113 cm³/mol. The summed E-state index contributed by atoms with van der Waals surface area (Å²) < 4.78 is 14.5. The first kappa shape index (κ1) is 17.5. The Morgan fingerprint density at radius 2 is 1.64 bits per heavy atom. The lowest BCUT2D eigenvalue weighted by Crippen LogP contribution is -2.35. The third-order valence-electron chi connectivity index (χ3n) is 6.80. The minimum absolute atomic E-state index is 0.102. The van der Waals surface area contributed by atoms with Crippen LogP contribution >= 0.6 is 0 Å². The van der Waals surface area contributed by atoms with E-state index in [-0.39, 0.29) is 10.8 Å². The van der Waals surface area contributed by atoms with E-state index in [0.717, 1.165) is 22.6 Å². The van der Waals surface area contributed by atoms with E-state index in [1.165, 1.54) is 40.3 Å². The number of benzene rings is 2. The highest BCUT2D eigenvalue weighted by atomic mass is 16.4. The first-order valence-electron chi connectivity index (χ1n) is 10.1. The van der Waals surface area contributed by atoms with Gasteiger partial charge in [-0.05, 0) is 53.4 Å². The number of nitrogens with zero attached hydrogens (tertiary/aromatic N) is 1. The minimum atomic E-state index is 0.102. The van der Waals surface area contributed by atoms with Crippen molar-refractivity contribution < 1.29 is 13.4 Å². The molecule has 2 heterocycles. The fourth-order valence-corrected chi connectivity index (χ4v) is 5.31. The molecule has 0 N–H and O–H groups in total. The van der Waals surface area contributed by atoms with Crippen LogP contribution in [0, 0.1) is 6.92 Å². The lowest BCUT2D eigenvalue weighted by molar-refractivity contribution is -0.662. The highest BCUT2D eigenvalue weighted by Gasteiger charge is 2.43. The van der Waals surface area contributed by atoms with Gasteiger partial charge in [-0.1, -0.05) is 45.9 Å². The van der Waals surface area contributed by atoms with Gasteiger partial charge in [0, 0.05) is 10.8 Å². The SMILES string of the molecule is Cc1c2c(c3c(oc4ccccc43)c1-c1occ[n+]1C)C(C)(C)CCC2(C)C. The molecule has 2 aromatic carbocycles. The van der Waals surface area contributed by atoms with Gasteiger partial charge in [0.1, 0.15) is 18.2 Å². The summed E-state index contributed by atoms with van der Waals surface area (Å²) >= 11 is 0. The molecular formula is C25H28NO2+. The van der Waals surface area contributed by atoms with Crippen LogP contribution in [0.4, 0.5) is 0 Å². The third kappa shape index (κ3) is 2.19. The summed E-state index contributed by atoms with van der Waals surface area (Å²) in [7, 11) is 2.03. The zero-order valence-electron chi connectivity index (χ0n) is 17.6. The number of furan rings is 1. The van der Waals surface area contributed by atoms with Gasteiger partial charge in [0.2, 0.25) is 6.20 Å². The number of fused-ring (bicyclic) bond motifs is 5. The third-order valence-corrected chi connectivity index (χ3v) is 6.80. The van der Waals surface area contributed by atoms with Crippen molar-refractivity contribution in [1.82, 2.24) is 0 Å². The van der Waals surface area contributed by atoms with Crippen LogP contribution in [-0.2, 0) is 17.9 Å². The fourth-order valence-electron chi connectivity index (χ4n) is 5.31. The lowest BCUT2D eigenvalue weighted by Gasteiger charge is -2.43. The smallest absolute Gasteiger partial charge is 0.384 e. The Balaban J connectivity index is 2.09. The van der Waals surface area contributed by atoms with E-state index in [4.69, 9.17) is 8.83 Å².